The average Bonchev–Trinajstić information content (AvgIpc) is 3.52. The van der Waals surface area contributed by atoms with Crippen molar-refractivity contribution in [2.75, 3.05) is 0 Å². The molecule has 0 fully saturated rings. The number of amides is 2. The number of carbonyl (C=O) groups is 2. The molecule has 0 aliphatic rings. The zero-order valence-electron chi connectivity index (χ0n) is 16.4. The molecule has 3 heterocycles. The normalized spacial score (nSPS) is 11.1. The summed E-state index contributed by atoms with van der Waals surface area (Å²) in [5, 5.41) is 12.9. The first kappa shape index (κ1) is 20.3. The van der Waals surface area contributed by atoms with Crippen LogP contribution < -0.4 is 11.1 Å². The van der Waals surface area contributed by atoms with E-state index in [0.29, 0.717) is 12.3 Å². The van der Waals surface area contributed by atoms with Crippen LogP contribution in [0.4, 0.5) is 0 Å². The van der Waals surface area contributed by atoms with Gasteiger partial charge in [0.15, 0.2) is 11.5 Å². The smallest absolute Gasteiger partial charge is 0.270 e. The second-order valence-electron chi connectivity index (χ2n) is 6.69. The van der Waals surface area contributed by atoms with Crippen molar-refractivity contribution < 1.29 is 14.1 Å². The van der Waals surface area contributed by atoms with Crippen LogP contribution in [0.25, 0.3) is 16.6 Å². The summed E-state index contributed by atoms with van der Waals surface area (Å²) < 4.78 is 6.83. The second kappa shape index (κ2) is 9.23. The van der Waals surface area contributed by atoms with Crippen LogP contribution in [0, 0.1) is 0 Å². The molecule has 0 atom stereocenters. The Bertz CT molecular complexity index is 1210. The Labute approximate surface area is 182 Å². The van der Waals surface area contributed by atoms with E-state index in [4.69, 9.17) is 15.4 Å². The third-order valence-electron chi connectivity index (χ3n) is 4.39. The zero-order chi connectivity index (χ0) is 21.6. The average molecular weight is 433 g/mol. The molecule has 0 unspecified atom stereocenters. The Morgan fingerprint density at radius 3 is 2.74 bits per heavy atom. The van der Waals surface area contributed by atoms with Crippen LogP contribution in [-0.4, -0.2) is 26.8 Å². The molecule has 1 aromatic carbocycles. The third kappa shape index (κ3) is 5.14. The van der Waals surface area contributed by atoms with Gasteiger partial charge in [-0.15, -0.1) is 11.3 Å². The van der Waals surface area contributed by atoms with Crippen molar-refractivity contribution in [2.45, 2.75) is 13.1 Å². The van der Waals surface area contributed by atoms with Crippen LogP contribution in [0.3, 0.4) is 0 Å². The molecule has 8 nitrogen and oxygen atoms in total. The standard InChI is InChI=1S/C22H19N5O3S/c23-22(29)18-11-17(30-26-18)12-24-20(28)9-8-16-14-27(13-15-5-2-1-3-6-15)25-21(16)19-7-4-10-31-19/h1-11,14H,12-13H2,(H2,23,29)(H,24,28). The van der Waals surface area contributed by atoms with E-state index >= 15 is 0 Å². The Morgan fingerprint density at radius 2 is 2.03 bits per heavy atom. The van der Waals surface area contributed by atoms with E-state index in [1.165, 1.54) is 12.1 Å². The van der Waals surface area contributed by atoms with Crippen molar-refractivity contribution in [3.05, 3.63) is 88.8 Å². The van der Waals surface area contributed by atoms with Gasteiger partial charge in [-0.25, -0.2) is 0 Å². The predicted molar refractivity (Wildman–Crippen MR) is 117 cm³/mol. The molecule has 3 N–H and O–H groups in total. The first-order chi connectivity index (χ1) is 15.1. The van der Waals surface area contributed by atoms with E-state index in [9.17, 15) is 9.59 Å². The van der Waals surface area contributed by atoms with Crippen LogP contribution in [0.15, 0.2) is 70.7 Å². The first-order valence-electron chi connectivity index (χ1n) is 9.45. The van der Waals surface area contributed by atoms with Gasteiger partial charge in [0.25, 0.3) is 5.91 Å². The molecule has 156 valence electrons. The highest BCUT2D eigenvalue weighted by atomic mass is 32.1. The Kier molecular flexibility index (Phi) is 6.04. The van der Waals surface area contributed by atoms with Crippen LogP contribution in [0.2, 0.25) is 0 Å². The van der Waals surface area contributed by atoms with Crippen LogP contribution >= 0.6 is 11.3 Å². The molecule has 2 amide bonds. The van der Waals surface area contributed by atoms with Crippen molar-refractivity contribution in [1.82, 2.24) is 20.3 Å². The highest BCUT2D eigenvalue weighted by Crippen LogP contribution is 2.27. The van der Waals surface area contributed by atoms with Gasteiger partial charge in [0.05, 0.1) is 18.0 Å². The number of nitrogens with zero attached hydrogens (tertiary/aromatic N) is 3. The predicted octanol–water partition coefficient (Wildman–Crippen LogP) is 3.08. The number of nitrogens with one attached hydrogen (secondary N) is 1. The highest BCUT2D eigenvalue weighted by Gasteiger charge is 2.12. The van der Waals surface area contributed by atoms with E-state index in [1.54, 1.807) is 17.4 Å². The molecule has 31 heavy (non-hydrogen) atoms. The Morgan fingerprint density at radius 1 is 1.19 bits per heavy atom. The fourth-order valence-electron chi connectivity index (χ4n) is 2.93. The summed E-state index contributed by atoms with van der Waals surface area (Å²) in [6.07, 6.45) is 5.09. The second-order valence-corrected chi connectivity index (χ2v) is 7.64. The van der Waals surface area contributed by atoms with Crippen molar-refractivity contribution in [2.24, 2.45) is 5.73 Å². The lowest BCUT2D eigenvalue weighted by molar-refractivity contribution is -0.116. The minimum Gasteiger partial charge on any atom is -0.364 e. The monoisotopic (exact) mass is 433 g/mol. The van der Waals surface area contributed by atoms with E-state index in [2.05, 4.69) is 10.5 Å². The summed E-state index contributed by atoms with van der Waals surface area (Å²) >= 11 is 1.59. The van der Waals surface area contributed by atoms with Gasteiger partial charge in [-0.05, 0) is 23.1 Å². The zero-order valence-corrected chi connectivity index (χ0v) is 17.2. The first-order valence-corrected chi connectivity index (χ1v) is 10.3. The van der Waals surface area contributed by atoms with Crippen molar-refractivity contribution >= 4 is 29.2 Å². The number of hydrogen-bond donors (Lipinski definition) is 2. The van der Waals surface area contributed by atoms with E-state index in [-0.39, 0.29) is 18.1 Å². The summed E-state index contributed by atoms with van der Waals surface area (Å²) in [4.78, 5) is 24.3. The number of nitrogens with two attached hydrogens (primary N) is 1. The molecule has 0 saturated heterocycles. The van der Waals surface area contributed by atoms with Crippen molar-refractivity contribution in [1.29, 1.82) is 0 Å². The number of benzene rings is 1. The number of aromatic nitrogens is 3. The molecule has 3 aromatic heterocycles. The minimum atomic E-state index is -0.685. The lowest BCUT2D eigenvalue weighted by atomic mass is 10.2. The van der Waals surface area contributed by atoms with Crippen LogP contribution in [0.1, 0.15) is 27.4 Å². The summed E-state index contributed by atoms with van der Waals surface area (Å²) in [5.74, 6) is -0.662. The molecule has 0 spiro atoms. The molecule has 0 saturated carbocycles. The summed E-state index contributed by atoms with van der Waals surface area (Å²) in [5.41, 5.74) is 7.94. The molecule has 4 rings (SSSR count). The fraction of sp³-hybridized carbons (Fsp3) is 0.0909. The van der Waals surface area contributed by atoms with E-state index < -0.39 is 5.91 Å². The van der Waals surface area contributed by atoms with Crippen LogP contribution in [-0.2, 0) is 17.9 Å². The largest absolute Gasteiger partial charge is 0.364 e. The van der Waals surface area contributed by atoms with Gasteiger partial charge >= 0.3 is 0 Å². The van der Waals surface area contributed by atoms with Crippen molar-refractivity contribution in [3.63, 3.8) is 0 Å². The maximum Gasteiger partial charge on any atom is 0.270 e. The fourth-order valence-corrected chi connectivity index (χ4v) is 3.66. The molecule has 9 heteroatoms. The SMILES string of the molecule is NC(=O)c1cc(CNC(=O)C=Cc2cn(Cc3ccccc3)nc2-c2cccs2)on1. The number of hydrogen-bond acceptors (Lipinski definition) is 6. The summed E-state index contributed by atoms with van der Waals surface area (Å²) in [7, 11) is 0. The van der Waals surface area contributed by atoms with Crippen LogP contribution in [0.5, 0.6) is 0 Å². The van der Waals surface area contributed by atoms with Gasteiger partial charge in [0, 0.05) is 23.9 Å². The summed E-state index contributed by atoms with van der Waals surface area (Å²) in [6, 6.07) is 15.4. The minimum absolute atomic E-state index is 0.0196. The molecular formula is C22H19N5O3S. The molecule has 4 aromatic rings. The third-order valence-corrected chi connectivity index (χ3v) is 5.27. The van der Waals surface area contributed by atoms with E-state index in [0.717, 1.165) is 21.7 Å². The molecule has 0 aliphatic carbocycles. The maximum atomic E-state index is 12.2. The molecule has 0 aliphatic heterocycles. The van der Waals surface area contributed by atoms with E-state index in [1.807, 2.05) is 58.7 Å². The van der Waals surface area contributed by atoms with Gasteiger partial charge in [0.1, 0.15) is 5.69 Å². The van der Waals surface area contributed by atoms with Gasteiger partial charge in [-0.2, -0.15) is 5.10 Å². The number of carbonyl (C=O) groups excluding carboxylic acids is 2. The quantitative estimate of drug-likeness (QED) is 0.414. The molecule has 0 radical (unpaired) electrons. The van der Waals surface area contributed by atoms with Gasteiger partial charge in [0.2, 0.25) is 5.91 Å². The number of thiophene rings is 1. The number of rotatable bonds is 8. The Balaban J connectivity index is 1.47. The molecule has 0 bridgehead atoms. The van der Waals surface area contributed by atoms with Gasteiger partial charge in [-0.1, -0.05) is 41.6 Å². The lowest BCUT2D eigenvalue weighted by Crippen LogP contribution is -2.19. The molecular weight excluding hydrogens is 414 g/mol. The van der Waals surface area contributed by atoms with Gasteiger partial charge in [-0.3, -0.25) is 14.3 Å². The maximum absolute atomic E-state index is 12.2. The van der Waals surface area contributed by atoms with Gasteiger partial charge < -0.3 is 15.6 Å². The lowest BCUT2D eigenvalue weighted by Gasteiger charge is -2.00. The topological polar surface area (TPSA) is 116 Å². The van der Waals surface area contributed by atoms with Crippen molar-refractivity contribution in [3.8, 4) is 10.6 Å². The highest BCUT2D eigenvalue weighted by molar-refractivity contribution is 7.13. The summed E-state index contributed by atoms with van der Waals surface area (Å²) in [6.45, 7) is 0.724. The Hall–Kier alpha value is -3.98. The number of primary amides is 1.